The Hall–Kier alpha value is -1.17. The predicted molar refractivity (Wildman–Crippen MR) is 119 cm³/mol. The number of nitrogens with zero attached hydrogens (tertiary/aromatic N) is 2. The third-order valence-corrected chi connectivity index (χ3v) is 7.15. The maximum atomic E-state index is 12.5. The van der Waals surface area contributed by atoms with Crippen LogP contribution in [0, 0.1) is 18.8 Å². The molecule has 1 rings (SSSR count). The number of aromatic nitrogens is 2. The monoisotopic (exact) mass is 397 g/mol. The van der Waals surface area contributed by atoms with Gasteiger partial charge in [0.2, 0.25) is 0 Å². The van der Waals surface area contributed by atoms with E-state index in [-0.39, 0.29) is 16.6 Å². The van der Waals surface area contributed by atoms with E-state index in [0.29, 0.717) is 11.4 Å². The Kier molecular flexibility index (Phi) is 10.3. The van der Waals surface area contributed by atoms with Gasteiger partial charge >= 0.3 is 5.69 Å². The Morgan fingerprint density at radius 2 is 1.67 bits per heavy atom. The summed E-state index contributed by atoms with van der Waals surface area (Å²) in [5, 5.41) is 3.60. The average Bonchev–Trinajstić information content (AvgIpc) is 2.67. The van der Waals surface area contributed by atoms with Crippen molar-refractivity contribution in [2.24, 2.45) is 25.9 Å². The van der Waals surface area contributed by atoms with Crippen LogP contribution < -0.4 is 16.6 Å². The molecular weight excluding hydrogens is 358 g/mol. The van der Waals surface area contributed by atoms with Gasteiger partial charge in [0.25, 0.3) is 5.56 Å². The molecule has 1 aromatic rings. The second-order valence-electron chi connectivity index (χ2n) is 7.79. The number of nitrogens with one attached hydrogen (secondary N) is 1. The van der Waals surface area contributed by atoms with E-state index >= 15 is 0 Å². The molecule has 156 valence electrons. The minimum absolute atomic E-state index is 0.178. The van der Waals surface area contributed by atoms with E-state index in [1.807, 2.05) is 18.7 Å². The molecule has 0 aromatic carbocycles. The third kappa shape index (κ3) is 6.74. The number of hydrogen-bond acceptors (Lipinski definition) is 4. The zero-order chi connectivity index (χ0) is 20.6. The quantitative estimate of drug-likeness (QED) is 0.527. The van der Waals surface area contributed by atoms with Gasteiger partial charge in [0.05, 0.1) is 5.37 Å². The molecule has 0 radical (unpaired) electrons. The van der Waals surface area contributed by atoms with Crippen LogP contribution in [0.2, 0.25) is 0 Å². The Morgan fingerprint density at radius 1 is 1.00 bits per heavy atom. The fraction of sp³-hybridized carbons (Fsp3) is 0.810. The summed E-state index contributed by atoms with van der Waals surface area (Å²) in [5.74, 6) is 2.64. The number of anilines is 1. The molecule has 0 spiro atoms. The second kappa shape index (κ2) is 11.6. The van der Waals surface area contributed by atoms with Crippen LogP contribution in [0.25, 0.3) is 0 Å². The summed E-state index contributed by atoms with van der Waals surface area (Å²) >= 11 is 1.91. The van der Waals surface area contributed by atoms with Gasteiger partial charge in [0.1, 0.15) is 5.69 Å². The fourth-order valence-corrected chi connectivity index (χ4v) is 4.50. The molecule has 0 amide bonds. The molecule has 1 aromatic heterocycles. The predicted octanol–water partition coefficient (Wildman–Crippen LogP) is 4.52. The van der Waals surface area contributed by atoms with Crippen LogP contribution in [0.1, 0.15) is 71.9 Å². The lowest BCUT2D eigenvalue weighted by Gasteiger charge is -2.23. The highest BCUT2D eigenvalue weighted by atomic mass is 32.2. The summed E-state index contributed by atoms with van der Waals surface area (Å²) in [6.07, 6.45) is 7.25. The van der Waals surface area contributed by atoms with Crippen molar-refractivity contribution in [1.29, 1.82) is 0 Å². The molecule has 27 heavy (non-hydrogen) atoms. The van der Waals surface area contributed by atoms with Gasteiger partial charge in [-0.1, -0.05) is 47.0 Å². The zero-order valence-electron chi connectivity index (χ0n) is 18.3. The van der Waals surface area contributed by atoms with Crippen molar-refractivity contribution in [3.63, 3.8) is 0 Å². The van der Waals surface area contributed by atoms with Gasteiger partial charge in [0, 0.05) is 19.8 Å². The van der Waals surface area contributed by atoms with Gasteiger partial charge in [-0.2, -0.15) is 0 Å². The van der Waals surface area contributed by atoms with E-state index in [9.17, 15) is 9.59 Å². The Balaban J connectivity index is 2.82. The van der Waals surface area contributed by atoms with Crippen molar-refractivity contribution in [2.75, 3.05) is 11.1 Å². The summed E-state index contributed by atoms with van der Waals surface area (Å²) in [6, 6.07) is 0. The van der Waals surface area contributed by atoms with E-state index in [0.717, 1.165) is 24.0 Å². The van der Waals surface area contributed by atoms with Crippen LogP contribution in [0.5, 0.6) is 0 Å². The topological polar surface area (TPSA) is 56.0 Å². The molecule has 5 nitrogen and oxygen atoms in total. The standard InChI is InChI=1S/C21H39N3O2S/c1-8-11-17(13-12-15(4)9-2)14-27-18(10-3)22-19-16(5)23(6)21(26)24(7)20(19)25/h15,17-18,22H,8-14H2,1-7H3. The molecular formula is C21H39N3O2S. The average molecular weight is 398 g/mol. The van der Waals surface area contributed by atoms with E-state index < -0.39 is 0 Å². The maximum Gasteiger partial charge on any atom is 0.330 e. The summed E-state index contributed by atoms with van der Waals surface area (Å²) in [5.41, 5.74) is 0.725. The molecule has 0 saturated carbocycles. The van der Waals surface area contributed by atoms with Crippen LogP contribution in [-0.4, -0.2) is 20.3 Å². The first-order valence-corrected chi connectivity index (χ1v) is 11.5. The molecule has 3 unspecified atom stereocenters. The highest BCUT2D eigenvalue weighted by Gasteiger charge is 2.18. The lowest BCUT2D eigenvalue weighted by atomic mass is 9.94. The van der Waals surface area contributed by atoms with Crippen molar-refractivity contribution >= 4 is 17.4 Å². The number of rotatable bonds is 12. The summed E-state index contributed by atoms with van der Waals surface area (Å²) in [4.78, 5) is 24.6. The summed E-state index contributed by atoms with van der Waals surface area (Å²) in [6.45, 7) is 10.8. The molecule has 0 saturated heterocycles. The van der Waals surface area contributed by atoms with E-state index in [2.05, 4.69) is 33.0 Å². The highest BCUT2D eigenvalue weighted by molar-refractivity contribution is 8.00. The molecule has 0 fully saturated rings. The maximum absolute atomic E-state index is 12.5. The van der Waals surface area contributed by atoms with E-state index in [1.54, 1.807) is 7.05 Å². The molecule has 0 bridgehead atoms. The first kappa shape index (κ1) is 23.9. The molecule has 3 atom stereocenters. The van der Waals surface area contributed by atoms with Crippen molar-refractivity contribution in [3.05, 3.63) is 26.5 Å². The van der Waals surface area contributed by atoms with Gasteiger partial charge in [-0.05, 0) is 43.8 Å². The first-order valence-electron chi connectivity index (χ1n) is 10.4. The summed E-state index contributed by atoms with van der Waals surface area (Å²) < 4.78 is 2.71. The SMILES string of the molecule is CCCC(CCC(C)CC)CSC(CC)Nc1c(C)n(C)c(=O)n(C)c1=O. The van der Waals surface area contributed by atoms with Crippen LogP contribution in [0.4, 0.5) is 5.69 Å². The van der Waals surface area contributed by atoms with Crippen molar-refractivity contribution < 1.29 is 0 Å². The lowest BCUT2D eigenvalue weighted by Crippen LogP contribution is -2.40. The Labute approximate surface area is 168 Å². The molecule has 0 aliphatic rings. The minimum atomic E-state index is -0.281. The minimum Gasteiger partial charge on any atom is -0.367 e. The van der Waals surface area contributed by atoms with Gasteiger partial charge < -0.3 is 5.32 Å². The van der Waals surface area contributed by atoms with Crippen LogP contribution in [0.15, 0.2) is 9.59 Å². The van der Waals surface area contributed by atoms with Gasteiger partial charge in [-0.25, -0.2) is 4.79 Å². The number of thioether (sulfide) groups is 1. The highest BCUT2D eigenvalue weighted by Crippen LogP contribution is 2.26. The largest absolute Gasteiger partial charge is 0.367 e. The van der Waals surface area contributed by atoms with Gasteiger partial charge in [-0.3, -0.25) is 13.9 Å². The molecule has 6 heteroatoms. The van der Waals surface area contributed by atoms with Crippen LogP contribution >= 0.6 is 11.8 Å². The van der Waals surface area contributed by atoms with Crippen LogP contribution in [0.3, 0.4) is 0 Å². The lowest BCUT2D eigenvalue weighted by molar-refractivity contribution is 0.408. The second-order valence-corrected chi connectivity index (χ2v) is 9.02. The van der Waals surface area contributed by atoms with Crippen molar-refractivity contribution in [2.45, 2.75) is 78.5 Å². The molecule has 1 N–H and O–H groups in total. The smallest absolute Gasteiger partial charge is 0.330 e. The van der Waals surface area contributed by atoms with E-state index in [1.165, 1.54) is 48.3 Å². The molecule has 0 aliphatic carbocycles. The van der Waals surface area contributed by atoms with Gasteiger partial charge in [-0.15, -0.1) is 11.8 Å². The zero-order valence-corrected chi connectivity index (χ0v) is 19.1. The van der Waals surface area contributed by atoms with Gasteiger partial charge in [0.15, 0.2) is 0 Å². The first-order chi connectivity index (χ1) is 12.8. The number of hydrogen-bond donors (Lipinski definition) is 1. The Morgan fingerprint density at radius 3 is 2.22 bits per heavy atom. The third-order valence-electron chi connectivity index (χ3n) is 5.63. The molecule has 0 aliphatic heterocycles. The summed E-state index contributed by atoms with van der Waals surface area (Å²) in [7, 11) is 3.25. The fourth-order valence-electron chi connectivity index (χ4n) is 3.23. The van der Waals surface area contributed by atoms with Crippen molar-refractivity contribution in [1.82, 2.24) is 9.13 Å². The normalized spacial score (nSPS) is 14.8. The Bertz CT molecular complexity index is 696. The van der Waals surface area contributed by atoms with E-state index in [4.69, 9.17) is 0 Å². The van der Waals surface area contributed by atoms with Crippen molar-refractivity contribution in [3.8, 4) is 0 Å². The van der Waals surface area contributed by atoms with Crippen LogP contribution in [-0.2, 0) is 14.1 Å². The molecule has 1 heterocycles.